The van der Waals surface area contributed by atoms with E-state index < -0.39 is 0 Å². The number of rotatable bonds is 10. The van der Waals surface area contributed by atoms with Crippen molar-refractivity contribution < 1.29 is 9.53 Å². The van der Waals surface area contributed by atoms with Crippen LogP contribution in [-0.2, 0) is 4.79 Å². The number of benzene rings is 1. The van der Waals surface area contributed by atoms with Crippen LogP contribution < -0.4 is 15.4 Å². The lowest BCUT2D eigenvalue weighted by Crippen LogP contribution is -2.32. The first-order valence-electron chi connectivity index (χ1n) is 7.39. The Balaban J connectivity index is 2.02. The standard InChI is InChI=1S/C16H26N2O2/c1-3-9-17-10-11-18-16(19)8-5-12-20-15-7-4-6-14(2)13-15/h4,6-7,13,17H,3,5,8-12H2,1-2H3,(H,18,19). The zero-order valence-electron chi connectivity index (χ0n) is 12.6. The van der Waals surface area contributed by atoms with Crippen LogP contribution in [0.2, 0.25) is 0 Å². The molecule has 2 N–H and O–H groups in total. The minimum Gasteiger partial charge on any atom is -0.494 e. The summed E-state index contributed by atoms with van der Waals surface area (Å²) in [5, 5.41) is 6.14. The van der Waals surface area contributed by atoms with Gasteiger partial charge in [-0.3, -0.25) is 4.79 Å². The molecule has 0 saturated heterocycles. The van der Waals surface area contributed by atoms with Crippen LogP contribution in [0.3, 0.4) is 0 Å². The fourth-order valence-corrected chi connectivity index (χ4v) is 1.81. The van der Waals surface area contributed by atoms with E-state index in [0.29, 0.717) is 19.6 Å². The molecule has 0 spiro atoms. The molecule has 0 aliphatic heterocycles. The molecule has 20 heavy (non-hydrogen) atoms. The van der Waals surface area contributed by atoms with Crippen LogP contribution in [0.5, 0.6) is 5.75 Å². The Labute approximate surface area is 121 Å². The van der Waals surface area contributed by atoms with E-state index in [9.17, 15) is 4.79 Å². The second-order valence-corrected chi connectivity index (χ2v) is 4.87. The number of aryl methyl sites for hydroxylation is 1. The van der Waals surface area contributed by atoms with Gasteiger partial charge in [0.05, 0.1) is 6.61 Å². The number of amides is 1. The van der Waals surface area contributed by atoms with Crippen molar-refractivity contribution in [2.45, 2.75) is 33.1 Å². The number of carbonyl (C=O) groups excluding carboxylic acids is 1. The summed E-state index contributed by atoms with van der Waals surface area (Å²) < 4.78 is 5.60. The fraction of sp³-hybridized carbons (Fsp3) is 0.562. The Hall–Kier alpha value is -1.55. The van der Waals surface area contributed by atoms with Crippen molar-refractivity contribution in [2.75, 3.05) is 26.2 Å². The summed E-state index contributed by atoms with van der Waals surface area (Å²) in [4.78, 5) is 11.5. The van der Waals surface area contributed by atoms with Gasteiger partial charge in [-0.05, 0) is 44.0 Å². The van der Waals surface area contributed by atoms with Crippen LogP contribution in [-0.4, -0.2) is 32.1 Å². The Kier molecular flexibility index (Phi) is 8.47. The second kappa shape index (κ2) is 10.3. The van der Waals surface area contributed by atoms with Gasteiger partial charge in [0, 0.05) is 19.5 Å². The molecule has 0 radical (unpaired) electrons. The molecule has 0 saturated carbocycles. The van der Waals surface area contributed by atoms with Crippen molar-refractivity contribution in [2.24, 2.45) is 0 Å². The van der Waals surface area contributed by atoms with Crippen LogP contribution in [0, 0.1) is 6.92 Å². The Bertz CT molecular complexity index is 394. The molecule has 0 aliphatic rings. The fourth-order valence-electron chi connectivity index (χ4n) is 1.81. The minimum absolute atomic E-state index is 0.0936. The molecule has 0 fully saturated rings. The van der Waals surface area contributed by atoms with Gasteiger partial charge in [-0.2, -0.15) is 0 Å². The van der Waals surface area contributed by atoms with Crippen molar-refractivity contribution >= 4 is 5.91 Å². The van der Waals surface area contributed by atoms with Gasteiger partial charge >= 0.3 is 0 Å². The molecule has 0 bridgehead atoms. The van der Waals surface area contributed by atoms with Gasteiger partial charge in [0.2, 0.25) is 5.91 Å². The summed E-state index contributed by atoms with van der Waals surface area (Å²) in [7, 11) is 0. The highest BCUT2D eigenvalue weighted by Gasteiger charge is 2.01. The van der Waals surface area contributed by atoms with E-state index in [4.69, 9.17) is 4.74 Å². The van der Waals surface area contributed by atoms with Gasteiger partial charge in [0.25, 0.3) is 0 Å². The lowest BCUT2D eigenvalue weighted by Gasteiger charge is -2.08. The summed E-state index contributed by atoms with van der Waals surface area (Å²) >= 11 is 0. The SMILES string of the molecule is CCCNCCNC(=O)CCCOc1cccc(C)c1. The lowest BCUT2D eigenvalue weighted by molar-refractivity contribution is -0.121. The monoisotopic (exact) mass is 278 g/mol. The number of carbonyl (C=O) groups is 1. The maximum absolute atomic E-state index is 11.5. The molecule has 1 aromatic carbocycles. The van der Waals surface area contributed by atoms with E-state index in [1.807, 2.05) is 31.2 Å². The van der Waals surface area contributed by atoms with Crippen molar-refractivity contribution in [1.29, 1.82) is 0 Å². The van der Waals surface area contributed by atoms with Gasteiger partial charge in [-0.1, -0.05) is 19.1 Å². The van der Waals surface area contributed by atoms with Crippen molar-refractivity contribution in [1.82, 2.24) is 10.6 Å². The van der Waals surface area contributed by atoms with Crippen molar-refractivity contribution in [3.8, 4) is 5.75 Å². The predicted octanol–water partition coefficient (Wildman–Crippen LogP) is 2.27. The zero-order chi connectivity index (χ0) is 14.6. The highest BCUT2D eigenvalue weighted by atomic mass is 16.5. The molecule has 0 aliphatic carbocycles. The molecule has 0 heterocycles. The molecule has 0 atom stereocenters. The van der Waals surface area contributed by atoms with Crippen LogP contribution >= 0.6 is 0 Å². The van der Waals surface area contributed by atoms with Crippen molar-refractivity contribution in [3.05, 3.63) is 29.8 Å². The maximum Gasteiger partial charge on any atom is 0.220 e. The minimum atomic E-state index is 0.0936. The summed E-state index contributed by atoms with van der Waals surface area (Å²) in [6, 6.07) is 7.94. The van der Waals surface area contributed by atoms with Crippen LogP contribution in [0.4, 0.5) is 0 Å². The third kappa shape index (κ3) is 7.79. The normalized spacial score (nSPS) is 10.3. The van der Waals surface area contributed by atoms with Crippen molar-refractivity contribution in [3.63, 3.8) is 0 Å². The summed E-state index contributed by atoms with van der Waals surface area (Å²) in [6.45, 7) is 7.26. The van der Waals surface area contributed by atoms with E-state index in [-0.39, 0.29) is 5.91 Å². The Morgan fingerprint density at radius 1 is 1.25 bits per heavy atom. The number of hydrogen-bond donors (Lipinski definition) is 2. The highest BCUT2D eigenvalue weighted by Crippen LogP contribution is 2.12. The van der Waals surface area contributed by atoms with Crippen LogP contribution in [0.25, 0.3) is 0 Å². The van der Waals surface area contributed by atoms with Gasteiger partial charge < -0.3 is 15.4 Å². The van der Waals surface area contributed by atoms with E-state index in [0.717, 1.165) is 31.7 Å². The number of nitrogens with one attached hydrogen (secondary N) is 2. The Morgan fingerprint density at radius 2 is 2.10 bits per heavy atom. The third-order valence-electron chi connectivity index (χ3n) is 2.86. The molecular formula is C16H26N2O2. The molecule has 1 aromatic rings. The molecule has 112 valence electrons. The maximum atomic E-state index is 11.5. The first kappa shape index (κ1) is 16.5. The largest absolute Gasteiger partial charge is 0.494 e. The second-order valence-electron chi connectivity index (χ2n) is 4.87. The smallest absolute Gasteiger partial charge is 0.220 e. The third-order valence-corrected chi connectivity index (χ3v) is 2.86. The summed E-state index contributed by atoms with van der Waals surface area (Å²) in [5.74, 6) is 0.963. The first-order chi connectivity index (χ1) is 9.72. The van der Waals surface area contributed by atoms with Crippen LogP contribution in [0.15, 0.2) is 24.3 Å². The molecule has 4 nitrogen and oxygen atoms in total. The van der Waals surface area contributed by atoms with E-state index in [1.54, 1.807) is 0 Å². The topological polar surface area (TPSA) is 50.4 Å². The average molecular weight is 278 g/mol. The summed E-state index contributed by atoms with van der Waals surface area (Å²) in [6.07, 6.45) is 2.37. The van der Waals surface area contributed by atoms with Crippen LogP contribution in [0.1, 0.15) is 31.7 Å². The van der Waals surface area contributed by atoms with Gasteiger partial charge in [-0.25, -0.2) is 0 Å². The molecule has 4 heteroatoms. The average Bonchev–Trinajstić information content (AvgIpc) is 2.43. The van der Waals surface area contributed by atoms with E-state index in [2.05, 4.69) is 17.6 Å². The molecule has 0 unspecified atom stereocenters. The summed E-state index contributed by atoms with van der Waals surface area (Å²) in [5.41, 5.74) is 1.18. The van der Waals surface area contributed by atoms with E-state index in [1.165, 1.54) is 5.56 Å². The quantitative estimate of drug-likeness (QED) is 0.646. The zero-order valence-corrected chi connectivity index (χ0v) is 12.6. The van der Waals surface area contributed by atoms with Gasteiger partial charge in [0.1, 0.15) is 5.75 Å². The molecule has 1 amide bonds. The molecular weight excluding hydrogens is 252 g/mol. The number of ether oxygens (including phenoxy) is 1. The van der Waals surface area contributed by atoms with E-state index >= 15 is 0 Å². The molecule has 0 aromatic heterocycles. The number of hydrogen-bond acceptors (Lipinski definition) is 3. The molecule has 1 rings (SSSR count). The Morgan fingerprint density at radius 3 is 2.85 bits per heavy atom. The van der Waals surface area contributed by atoms with Gasteiger partial charge in [0.15, 0.2) is 0 Å². The lowest BCUT2D eigenvalue weighted by atomic mass is 10.2. The first-order valence-corrected chi connectivity index (χ1v) is 7.39. The van der Waals surface area contributed by atoms with Gasteiger partial charge in [-0.15, -0.1) is 0 Å². The highest BCUT2D eigenvalue weighted by molar-refractivity contribution is 5.75. The predicted molar refractivity (Wildman–Crippen MR) is 82.1 cm³/mol.